The van der Waals surface area contributed by atoms with Crippen molar-refractivity contribution in [3.05, 3.63) is 95.3 Å². The van der Waals surface area contributed by atoms with Crippen molar-refractivity contribution in [3.8, 4) is 0 Å². The first kappa shape index (κ1) is 26.8. The first-order valence-corrected chi connectivity index (χ1v) is 12.8. The Morgan fingerprint density at radius 1 is 0.889 bits per heavy atom. The molecule has 36 heavy (non-hydrogen) atoms. The van der Waals surface area contributed by atoms with E-state index in [-0.39, 0.29) is 18.1 Å². The van der Waals surface area contributed by atoms with Crippen molar-refractivity contribution in [2.45, 2.75) is 19.9 Å². The minimum atomic E-state index is -3.99. The summed E-state index contributed by atoms with van der Waals surface area (Å²) in [7, 11) is -1.25. The average Bonchev–Trinajstić information content (AvgIpc) is 2.86. The molecule has 0 atom stereocenters. The van der Waals surface area contributed by atoms with E-state index in [1.165, 1.54) is 32.3 Å². The number of hydrogen-bond donors (Lipinski definition) is 2. The minimum absolute atomic E-state index is 0.0778. The Labute approximate surface area is 210 Å². The predicted octanol–water partition coefficient (Wildman–Crippen LogP) is 4.03. The van der Waals surface area contributed by atoms with E-state index in [0.717, 1.165) is 15.0 Å². The summed E-state index contributed by atoms with van der Waals surface area (Å²) in [6, 6.07) is 18.7. The van der Waals surface area contributed by atoms with Crippen molar-refractivity contribution >= 4 is 33.4 Å². The van der Waals surface area contributed by atoms with Crippen LogP contribution in [0, 0.1) is 5.82 Å². The monoisotopic (exact) mass is 512 g/mol. The van der Waals surface area contributed by atoms with Crippen LogP contribution in [-0.2, 0) is 16.8 Å². The Morgan fingerprint density at radius 3 is 2.17 bits per heavy atom. The smallest absolute Gasteiger partial charge is 0.303 e. The topological polar surface area (TPSA) is 98.8 Å². The van der Waals surface area contributed by atoms with Gasteiger partial charge in [0.15, 0.2) is 0 Å². The third-order valence-electron chi connectivity index (χ3n) is 5.36. The second-order valence-corrected chi connectivity index (χ2v) is 10.3. The number of carbonyl (C=O) groups is 2. The molecule has 0 saturated carbocycles. The predicted molar refractivity (Wildman–Crippen MR) is 139 cm³/mol. The van der Waals surface area contributed by atoms with Crippen LogP contribution < -0.4 is 14.9 Å². The SMILES string of the molecule is CCCNC(=O)c1ccccc1NC(=O)c1ccc(CN(c2ccccc2F)S(=O)(=O)N(C)C)cc1. The standard InChI is InChI=1S/C26H29FN4O4S/c1-4-17-28-26(33)21-9-5-7-11-23(21)29-25(32)20-15-13-19(14-16-20)18-31(36(34,35)30(2)3)24-12-8-6-10-22(24)27/h5-16H,4,17-18H2,1-3H3,(H,28,33)(H,29,32). The molecule has 0 bridgehead atoms. The zero-order chi connectivity index (χ0) is 26.3. The molecule has 0 aromatic heterocycles. The van der Waals surface area contributed by atoms with Gasteiger partial charge in [-0.3, -0.25) is 13.9 Å². The number of para-hydroxylation sites is 2. The number of anilines is 2. The zero-order valence-corrected chi connectivity index (χ0v) is 21.2. The van der Waals surface area contributed by atoms with Crippen LogP contribution in [0.4, 0.5) is 15.8 Å². The lowest BCUT2D eigenvalue weighted by Gasteiger charge is -2.27. The molecule has 3 aromatic rings. The minimum Gasteiger partial charge on any atom is -0.352 e. The zero-order valence-electron chi connectivity index (χ0n) is 20.4. The van der Waals surface area contributed by atoms with Gasteiger partial charge in [-0.2, -0.15) is 12.7 Å². The Balaban J connectivity index is 1.81. The normalized spacial score (nSPS) is 11.2. The van der Waals surface area contributed by atoms with Crippen LogP contribution in [0.25, 0.3) is 0 Å². The van der Waals surface area contributed by atoms with Gasteiger partial charge < -0.3 is 10.6 Å². The lowest BCUT2D eigenvalue weighted by atomic mass is 10.1. The molecule has 190 valence electrons. The van der Waals surface area contributed by atoms with Crippen molar-refractivity contribution in [3.63, 3.8) is 0 Å². The van der Waals surface area contributed by atoms with Crippen LogP contribution in [0.15, 0.2) is 72.8 Å². The van der Waals surface area contributed by atoms with Crippen LogP contribution in [0.2, 0.25) is 0 Å². The van der Waals surface area contributed by atoms with Crippen molar-refractivity contribution < 1.29 is 22.4 Å². The summed E-state index contributed by atoms with van der Waals surface area (Å²) >= 11 is 0. The summed E-state index contributed by atoms with van der Waals surface area (Å²) in [5, 5.41) is 5.55. The van der Waals surface area contributed by atoms with Gasteiger partial charge in [0, 0.05) is 26.2 Å². The molecule has 3 rings (SSSR count). The van der Waals surface area contributed by atoms with Crippen LogP contribution in [0.1, 0.15) is 39.6 Å². The number of benzene rings is 3. The fraction of sp³-hybridized carbons (Fsp3) is 0.231. The van der Waals surface area contributed by atoms with E-state index < -0.39 is 21.9 Å². The number of nitrogens with zero attached hydrogens (tertiary/aromatic N) is 2. The Hall–Kier alpha value is -3.76. The van der Waals surface area contributed by atoms with E-state index in [2.05, 4.69) is 10.6 Å². The van der Waals surface area contributed by atoms with E-state index in [0.29, 0.717) is 28.9 Å². The van der Waals surface area contributed by atoms with Gasteiger partial charge in [0.2, 0.25) is 0 Å². The number of amides is 2. The van der Waals surface area contributed by atoms with Crippen molar-refractivity contribution in [1.29, 1.82) is 0 Å². The van der Waals surface area contributed by atoms with Crippen molar-refractivity contribution in [2.75, 3.05) is 30.3 Å². The lowest BCUT2D eigenvalue weighted by Crippen LogP contribution is -2.40. The molecule has 0 unspecified atom stereocenters. The van der Waals surface area contributed by atoms with Crippen LogP contribution in [0.3, 0.4) is 0 Å². The van der Waals surface area contributed by atoms with E-state index in [4.69, 9.17) is 0 Å². The van der Waals surface area contributed by atoms with Gasteiger partial charge in [0.05, 0.1) is 23.5 Å². The molecule has 0 saturated heterocycles. The molecular formula is C26H29FN4O4S. The summed E-state index contributed by atoms with van der Waals surface area (Å²) in [5.74, 6) is -1.37. The molecule has 0 spiro atoms. The number of halogens is 1. The fourth-order valence-electron chi connectivity index (χ4n) is 3.39. The van der Waals surface area contributed by atoms with Gasteiger partial charge in [-0.15, -0.1) is 0 Å². The Morgan fingerprint density at radius 2 is 1.53 bits per heavy atom. The summed E-state index contributed by atoms with van der Waals surface area (Å²) in [5.41, 5.74) is 1.52. The molecule has 3 aromatic carbocycles. The van der Waals surface area contributed by atoms with Gasteiger partial charge in [-0.05, 0) is 48.4 Å². The summed E-state index contributed by atoms with van der Waals surface area (Å²) in [6.07, 6.45) is 0.788. The molecule has 8 nitrogen and oxygen atoms in total. The molecule has 0 heterocycles. The van der Waals surface area contributed by atoms with Crippen molar-refractivity contribution in [2.24, 2.45) is 0 Å². The van der Waals surface area contributed by atoms with Crippen molar-refractivity contribution in [1.82, 2.24) is 9.62 Å². The highest BCUT2D eigenvalue weighted by atomic mass is 32.2. The van der Waals surface area contributed by atoms with Gasteiger partial charge >= 0.3 is 10.2 Å². The van der Waals surface area contributed by atoms with Crippen LogP contribution in [0.5, 0.6) is 0 Å². The van der Waals surface area contributed by atoms with Crippen LogP contribution in [-0.4, -0.2) is 45.2 Å². The number of hydrogen-bond acceptors (Lipinski definition) is 4. The maximum Gasteiger partial charge on any atom is 0.303 e. The van der Waals surface area contributed by atoms with E-state index in [9.17, 15) is 22.4 Å². The number of nitrogens with one attached hydrogen (secondary N) is 2. The molecule has 0 aliphatic rings. The number of carbonyl (C=O) groups excluding carboxylic acids is 2. The molecular weight excluding hydrogens is 483 g/mol. The molecule has 10 heteroatoms. The second-order valence-electron chi connectivity index (χ2n) is 8.20. The molecule has 2 amide bonds. The maximum absolute atomic E-state index is 14.5. The van der Waals surface area contributed by atoms with E-state index >= 15 is 0 Å². The Kier molecular flexibility index (Phi) is 8.78. The first-order chi connectivity index (χ1) is 17.1. The maximum atomic E-state index is 14.5. The quantitative estimate of drug-likeness (QED) is 0.429. The third-order valence-corrected chi connectivity index (χ3v) is 7.16. The highest BCUT2D eigenvalue weighted by Crippen LogP contribution is 2.25. The second kappa shape index (κ2) is 11.8. The van der Waals surface area contributed by atoms with Gasteiger partial charge in [-0.25, -0.2) is 4.39 Å². The van der Waals surface area contributed by atoms with Gasteiger partial charge in [0.25, 0.3) is 11.8 Å². The van der Waals surface area contributed by atoms with Crippen LogP contribution >= 0.6 is 0 Å². The molecule has 0 radical (unpaired) electrons. The fourth-order valence-corrected chi connectivity index (χ4v) is 4.49. The summed E-state index contributed by atoms with van der Waals surface area (Å²) in [4.78, 5) is 25.3. The van der Waals surface area contributed by atoms with E-state index in [1.54, 1.807) is 54.6 Å². The highest BCUT2D eigenvalue weighted by molar-refractivity contribution is 7.90. The molecule has 0 fully saturated rings. The van der Waals surface area contributed by atoms with Gasteiger partial charge in [0.1, 0.15) is 5.82 Å². The summed E-state index contributed by atoms with van der Waals surface area (Å²) in [6.45, 7) is 2.34. The first-order valence-electron chi connectivity index (χ1n) is 11.4. The third kappa shape index (κ3) is 6.27. The van der Waals surface area contributed by atoms with E-state index in [1.807, 2.05) is 6.92 Å². The Bertz CT molecular complexity index is 1330. The average molecular weight is 513 g/mol. The summed E-state index contributed by atoms with van der Waals surface area (Å²) < 4.78 is 42.3. The lowest BCUT2D eigenvalue weighted by molar-refractivity contribution is 0.0954. The molecule has 0 aliphatic carbocycles. The highest BCUT2D eigenvalue weighted by Gasteiger charge is 2.27. The number of rotatable bonds is 10. The van der Waals surface area contributed by atoms with Gasteiger partial charge in [-0.1, -0.05) is 43.3 Å². The molecule has 0 aliphatic heterocycles. The largest absolute Gasteiger partial charge is 0.352 e. The molecule has 2 N–H and O–H groups in total.